The molecule has 0 aliphatic rings. The lowest BCUT2D eigenvalue weighted by Crippen LogP contribution is -2.40. The molecule has 0 heterocycles. The summed E-state index contributed by atoms with van der Waals surface area (Å²) in [6.45, 7) is 6.30. The molecule has 0 radical (unpaired) electrons. The minimum Gasteiger partial charge on any atom is -0.339 e. The summed E-state index contributed by atoms with van der Waals surface area (Å²) in [5.74, 6) is 0.0809. The van der Waals surface area contributed by atoms with E-state index < -0.39 is 0 Å². The van der Waals surface area contributed by atoms with Gasteiger partial charge in [0, 0.05) is 23.6 Å². The van der Waals surface area contributed by atoms with E-state index in [9.17, 15) is 4.79 Å². The maximum absolute atomic E-state index is 12.5. The lowest BCUT2D eigenvalue weighted by molar-refractivity contribution is -0.137. The number of carbonyl (C=O) groups excluding carboxylic acids is 1. The smallest absolute Gasteiger partial charge is 0.227 e. The Hall–Kier alpha value is -0.770. The van der Waals surface area contributed by atoms with E-state index in [0.29, 0.717) is 16.6 Å². The summed E-state index contributed by atoms with van der Waals surface area (Å²) >= 11 is 12.1. The summed E-state index contributed by atoms with van der Waals surface area (Å²) < 4.78 is 0. The Kier molecular flexibility index (Phi) is 6.31. The molecule has 1 rings (SSSR count). The molecule has 5 heteroatoms. The zero-order valence-corrected chi connectivity index (χ0v) is 13.9. The number of rotatable bonds is 5. The molecular formula is C15H22Cl2N2O. The predicted molar refractivity (Wildman–Crippen MR) is 85.0 cm³/mol. The first-order valence-electron chi connectivity index (χ1n) is 6.71. The Morgan fingerprint density at radius 3 is 2.35 bits per heavy atom. The Bertz CT molecular complexity index is 477. The first kappa shape index (κ1) is 17.3. The molecule has 0 fully saturated rings. The van der Waals surface area contributed by atoms with Crippen molar-refractivity contribution in [3.05, 3.63) is 33.8 Å². The third-order valence-corrected chi connectivity index (χ3v) is 4.28. The molecule has 0 bridgehead atoms. The highest BCUT2D eigenvalue weighted by molar-refractivity contribution is 6.35. The highest BCUT2D eigenvalue weighted by atomic mass is 35.5. The number of benzene rings is 1. The van der Waals surface area contributed by atoms with Gasteiger partial charge in [-0.25, -0.2) is 0 Å². The zero-order valence-electron chi connectivity index (χ0n) is 12.4. The average molecular weight is 317 g/mol. The molecular weight excluding hydrogens is 295 g/mol. The Labute approximate surface area is 131 Å². The van der Waals surface area contributed by atoms with Crippen LogP contribution >= 0.6 is 23.2 Å². The van der Waals surface area contributed by atoms with Crippen LogP contribution in [0.4, 0.5) is 0 Å². The second-order valence-electron chi connectivity index (χ2n) is 5.38. The molecule has 0 saturated heterocycles. The number of halogens is 2. The van der Waals surface area contributed by atoms with Gasteiger partial charge < -0.3 is 10.6 Å². The summed E-state index contributed by atoms with van der Waals surface area (Å²) in [7, 11) is 1.78. The summed E-state index contributed by atoms with van der Waals surface area (Å²) in [5, 5.41) is 1.15. The van der Waals surface area contributed by atoms with E-state index in [1.807, 2.05) is 26.8 Å². The lowest BCUT2D eigenvalue weighted by Gasteiger charge is -2.31. The molecule has 1 amide bonds. The molecule has 1 aromatic rings. The fourth-order valence-electron chi connectivity index (χ4n) is 2.16. The van der Waals surface area contributed by atoms with Gasteiger partial charge in [-0.15, -0.1) is 0 Å². The monoisotopic (exact) mass is 316 g/mol. The summed E-state index contributed by atoms with van der Waals surface area (Å²) in [6, 6.07) is 5.20. The van der Waals surface area contributed by atoms with Crippen molar-refractivity contribution in [2.75, 3.05) is 13.6 Å². The van der Waals surface area contributed by atoms with Crippen molar-refractivity contribution in [2.24, 2.45) is 17.6 Å². The number of amides is 1. The van der Waals surface area contributed by atoms with Crippen molar-refractivity contribution in [2.45, 2.75) is 26.8 Å². The zero-order chi connectivity index (χ0) is 15.4. The van der Waals surface area contributed by atoms with Crippen molar-refractivity contribution < 1.29 is 4.79 Å². The van der Waals surface area contributed by atoms with Crippen LogP contribution < -0.4 is 5.73 Å². The highest BCUT2D eigenvalue weighted by Gasteiger charge is 2.27. The van der Waals surface area contributed by atoms with Crippen LogP contribution in [0.15, 0.2) is 18.2 Å². The molecule has 0 aromatic heterocycles. The van der Waals surface area contributed by atoms with Gasteiger partial charge in [-0.2, -0.15) is 0 Å². The van der Waals surface area contributed by atoms with Crippen molar-refractivity contribution >= 4 is 29.1 Å². The first-order chi connectivity index (χ1) is 9.29. The molecule has 0 aliphatic carbocycles. The first-order valence-corrected chi connectivity index (χ1v) is 7.46. The quantitative estimate of drug-likeness (QED) is 0.899. The van der Waals surface area contributed by atoms with Gasteiger partial charge in [0.1, 0.15) is 0 Å². The minimum absolute atomic E-state index is 0.0426. The molecule has 0 saturated carbocycles. The largest absolute Gasteiger partial charge is 0.339 e. The van der Waals surface area contributed by atoms with E-state index in [2.05, 4.69) is 0 Å². The number of nitrogens with two attached hydrogens (primary N) is 1. The molecule has 2 atom stereocenters. The van der Waals surface area contributed by atoms with E-state index in [-0.39, 0.29) is 23.8 Å². The van der Waals surface area contributed by atoms with E-state index in [1.165, 1.54) is 0 Å². The van der Waals surface area contributed by atoms with Gasteiger partial charge in [0.05, 0.1) is 12.0 Å². The number of carbonyl (C=O) groups is 1. The molecule has 1 aromatic carbocycles. The number of hydrogen-bond donors (Lipinski definition) is 1. The van der Waals surface area contributed by atoms with Gasteiger partial charge in [-0.05, 0) is 30.5 Å². The maximum atomic E-state index is 12.5. The Morgan fingerprint density at radius 2 is 1.90 bits per heavy atom. The summed E-state index contributed by atoms with van der Waals surface area (Å²) in [6.07, 6.45) is 0. The molecule has 2 N–H and O–H groups in total. The Balaban J connectivity index is 2.95. The summed E-state index contributed by atoms with van der Waals surface area (Å²) in [5.41, 5.74) is 6.59. The third kappa shape index (κ3) is 3.87. The fourth-order valence-corrected chi connectivity index (χ4v) is 2.73. The van der Waals surface area contributed by atoms with Crippen LogP contribution in [0.1, 0.15) is 32.4 Å². The molecule has 112 valence electrons. The van der Waals surface area contributed by atoms with E-state index in [1.54, 1.807) is 24.1 Å². The predicted octanol–water partition coefficient (Wildman–Crippen LogP) is 3.74. The highest BCUT2D eigenvalue weighted by Crippen LogP contribution is 2.30. The van der Waals surface area contributed by atoms with Crippen molar-refractivity contribution in [1.29, 1.82) is 0 Å². The van der Waals surface area contributed by atoms with E-state index >= 15 is 0 Å². The normalized spacial score (nSPS) is 14.2. The van der Waals surface area contributed by atoms with Crippen LogP contribution in [-0.4, -0.2) is 24.4 Å². The maximum Gasteiger partial charge on any atom is 0.227 e. The second kappa shape index (κ2) is 7.30. The van der Waals surface area contributed by atoms with Gasteiger partial charge in [-0.3, -0.25) is 4.79 Å². The summed E-state index contributed by atoms with van der Waals surface area (Å²) in [4.78, 5) is 14.2. The van der Waals surface area contributed by atoms with Crippen LogP contribution in [0.25, 0.3) is 0 Å². The lowest BCUT2D eigenvalue weighted by atomic mass is 9.93. The number of nitrogens with zero attached hydrogens (tertiary/aromatic N) is 1. The number of hydrogen-bond acceptors (Lipinski definition) is 2. The van der Waals surface area contributed by atoms with E-state index in [4.69, 9.17) is 28.9 Å². The second-order valence-corrected chi connectivity index (χ2v) is 6.22. The fraction of sp³-hybridized carbons (Fsp3) is 0.533. The van der Waals surface area contributed by atoms with Crippen LogP contribution in [0, 0.1) is 11.8 Å². The van der Waals surface area contributed by atoms with Gasteiger partial charge in [0.15, 0.2) is 0 Å². The van der Waals surface area contributed by atoms with Crippen molar-refractivity contribution in [3.63, 3.8) is 0 Å². The topological polar surface area (TPSA) is 46.3 Å². The molecule has 0 spiro atoms. The van der Waals surface area contributed by atoms with E-state index in [0.717, 1.165) is 5.56 Å². The van der Waals surface area contributed by atoms with Gasteiger partial charge in [-0.1, -0.05) is 43.1 Å². The molecule has 20 heavy (non-hydrogen) atoms. The Morgan fingerprint density at radius 1 is 1.30 bits per heavy atom. The van der Waals surface area contributed by atoms with Crippen LogP contribution in [0.5, 0.6) is 0 Å². The van der Waals surface area contributed by atoms with Crippen LogP contribution in [0.2, 0.25) is 10.0 Å². The molecule has 2 unspecified atom stereocenters. The minimum atomic E-state index is -0.173. The molecule has 3 nitrogen and oxygen atoms in total. The SMILES string of the molecule is CC(C)C(CN)C(=O)N(C)C(C)c1ccc(Cl)cc1Cl. The van der Waals surface area contributed by atoms with Crippen molar-refractivity contribution in [1.82, 2.24) is 4.90 Å². The van der Waals surface area contributed by atoms with Crippen molar-refractivity contribution in [3.8, 4) is 0 Å². The molecule has 0 aliphatic heterocycles. The van der Waals surface area contributed by atoms with Gasteiger partial charge in [0.2, 0.25) is 5.91 Å². The van der Waals surface area contributed by atoms with Crippen LogP contribution in [-0.2, 0) is 4.79 Å². The van der Waals surface area contributed by atoms with Gasteiger partial charge in [0.25, 0.3) is 0 Å². The van der Waals surface area contributed by atoms with Gasteiger partial charge >= 0.3 is 0 Å². The third-order valence-electron chi connectivity index (χ3n) is 3.72. The van der Waals surface area contributed by atoms with Crippen LogP contribution in [0.3, 0.4) is 0 Å². The standard InChI is InChI=1S/C15H22Cl2N2O/c1-9(2)13(8-18)15(20)19(4)10(3)12-6-5-11(16)7-14(12)17/h5-7,9-10,13H,8,18H2,1-4H3. The average Bonchev–Trinajstić information content (AvgIpc) is 2.37.